The standard InChI is InChI=1S/C14H19N3OS/c1-3-15-9-8-14-16-13(17-18-14)10-19-12-6-4-11(2)5-7-12/h4-7,15H,3,8-10H2,1-2H3. The number of aryl methyl sites for hydroxylation is 1. The number of benzene rings is 1. The molecule has 4 nitrogen and oxygen atoms in total. The molecule has 1 aromatic heterocycles. The SMILES string of the molecule is CCNCCc1nc(CSc2ccc(C)cc2)no1. The van der Waals surface area contributed by atoms with Gasteiger partial charge in [-0.25, -0.2) is 0 Å². The van der Waals surface area contributed by atoms with Crippen LogP contribution in [0.2, 0.25) is 0 Å². The molecule has 102 valence electrons. The molecule has 2 rings (SSSR count). The largest absolute Gasteiger partial charge is 0.339 e. The van der Waals surface area contributed by atoms with Crippen molar-refractivity contribution in [2.45, 2.75) is 30.9 Å². The minimum atomic E-state index is 0.709. The van der Waals surface area contributed by atoms with Crippen molar-refractivity contribution in [3.63, 3.8) is 0 Å². The number of hydrogen-bond donors (Lipinski definition) is 1. The smallest absolute Gasteiger partial charge is 0.227 e. The van der Waals surface area contributed by atoms with E-state index < -0.39 is 0 Å². The number of hydrogen-bond acceptors (Lipinski definition) is 5. The van der Waals surface area contributed by atoms with Crippen LogP contribution in [0.1, 0.15) is 24.2 Å². The summed E-state index contributed by atoms with van der Waals surface area (Å²) in [4.78, 5) is 5.60. The third-order valence-corrected chi connectivity index (χ3v) is 3.67. The summed E-state index contributed by atoms with van der Waals surface area (Å²) < 4.78 is 5.20. The van der Waals surface area contributed by atoms with Crippen molar-refractivity contribution in [1.29, 1.82) is 0 Å². The van der Waals surface area contributed by atoms with Crippen molar-refractivity contribution in [3.8, 4) is 0 Å². The van der Waals surface area contributed by atoms with Crippen molar-refractivity contribution in [3.05, 3.63) is 41.5 Å². The maximum Gasteiger partial charge on any atom is 0.227 e. The summed E-state index contributed by atoms with van der Waals surface area (Å²) in [6, 6.07) is 8.46. The molecule has 5 heteroatoms. The van der Waals surface area contributed by atoms with Crippen LogP contribution in [-0.2, 0) is 12.2 Å². The Morgan fingerprint density at radius 1 is 1.26 bits per heavy atom. The number of aromatic nitrogens is 2. The molecule has 0 fully saturated rings. The summed E-state index contributed by atoms with van der Waals surface area (Å²) in [5.74, 6) is 2.21. The predicted octanol–water partition coefficient (Wildman–Crippen LogP) is 2.82. The van der Waals surface area contributed by atoms with Gasteiger partial charge in [0.2, 0.25) is 5.89 Å². The summed E-state index contributed by atoms with van der Waals surface area (Å²) in [6.45, 7) is 6.01. The van der Waals surface area contributed by atoms with Gasteiger partial charge in [0.25, 0.3) is 0 Å². The van der Waals surface area contributed by atoms with E-state index in [1.807, 2.05) is 0 Å². The molecule has 0 unspecified atom stereocenters. The van der Waals surface area contributed by atoms with E-state index in [-0.39, 0.29) is 0 Å². The normalized spacial score (nSPS) is 10.8. The summed E-state index contributed by atoms with van der Waals surface area (Å²) in [5, 5.41) is 7.23. The lowest BCUT2D eigenvalue weighted by molar-refractivity contribution is 0.372. The molecule has 0 spiro atoms. The first kappa shape index (κ1) is 14.1. The summed E-state index contributed by atoms with van der Waals surface area (Å²) in [5.41, 5.74) is 1.27. The van der Waals surface area contributed by atoms with Crippen LogP contribution in [-0.4, -0.2) is 23.2 Å². The van der Waals surface area contributed by atoms with Crippen molar-refractivity contribution < 1.29 is 4.52 Å². The topological polar surface area (TPSA) is 51.0 Å². The van der Waals surface area contributed by atoms with Gasteiger partial charge in [-0.3, -0.25) is 0 Å². The highest BCUT2D eigenvalue weighted by Gasteiger charge is 2.06. The molecule has 19 heavy (non-hydrogen) atoms. The number of nitrogens with one attached hydrogen (secondary N) is 1. The Balaban J connectivity index is 1.81. The van der Waals surface area contributed by atoms with Crippen LogP contribution in [0.4, 0.5) is 0 Å². The number of nitrogens with zero attached hydrogens (tertiary/aromatic N) is 2. The van der Waals surface area contributed by atoms with Gasteiger partial charge in [0.1, 0.15) is 0 Å². The van der Waals surface area contributed by atoms with Crippen LogP contribution in [0.5, 0.6) is 0 Å². The van der Waals surface area contributed by atoms with Crippen molar-refractivity contribution >= 4 is 11.8 Å². The van der Waals surface area contributed by atoms with E-state index in [1.165, 1.54) is 10.5 Å². The van der Waals surface area contributed by atoms with Gasteiger partial charge in [-0.05, 0) is 25.6 Å². The van der Waals surface area contributed by atoms with Gasteiger partial charge in [0, 0.05) is 17.9 Å². The third-order valence-electron chi connectivity index (χ3n) is 2.66. The van der Waals surface area contributed by atoms with Crippen LogP contribution in [0.3, 0.4) is 0 Å². The first-order valence-electron chi connectivity index (χ1n) is 6.49. The first-order chi connectivity index (χ1) is 9.28. The van der Waals surface area contributed by atoms with Gasteiger partial charge in [-0.2, -0.15) is 4.98 Å². The molecule has 0 aliphatic rings. The molecule has 1 aromatic carbocycles. The van der Waals surface area contributed by atoms with E-state index in [9.17, 15) is 0 Å². The molecule has 0 saturated heterocycles. The van der Waals surface area contributed by atoms with E-state index in [0.717, 1.165) is 31.1 Å². The molecule has 0 aliphatic carbocycles. The molecular weight excluding hydrogens is 258 g/mol. The zero-order valence-corrected chi connectivity index (χ0v) is 12.2. The molecule has 0 radical (unpaired) electrons. The second-order valence-corrected chi connectivity index (χ2v) is 5.36. The average molecular weight is 277 g/mol. The Kier molecular flexibility index (Phi) is 5.42. The molecule has 2 aromatic rings. The Morgan fingerprint density at radius 2 is 2.05 bits per heavy atom. The number of likely N-dealkylation sites (N-methyl/N-ethyl adjacent to an activating group) is 1. The van der Waals surface area contributed by atoms with Crippen LogP contribution in [0.25, 0.3) is 0 Å². The molecule has 1 heterocycles. The van der Waals surface area contributed by atoms with Crippen molar-refractivity contribution in [1.82, 2.24) is 15.5 Å². The van der Waals surface area contributed by atoms with Crippen LogP contribution < -0.4 is 5.32 Å². The Morgan fingerprint density at radius 3 is 2.79 bits per heavy atom. The zero-order valence-electron chi connectivity index (χ0n) is 11.3. The van der Waals surface area contributed by atoms with Crippen molar-refractivity contribution in [2.75, 3.05) is 13.1 Å². The van der Waals surface area contributed by atoms with E-state index >= 15 is 0 Å². The highest BCUT2D eigenvalue weighted by atomic mass is 32.2. The fourth-order valence-electron chi connectivity index (χ4n) is 1.60. The molecule has 0 amide bonds. The zero-order chi connectivity index (χ0) is 13.5. The molecule has 0 bridgehead atoms. The molecule has 0 saturated carbocycles. The Labute approximate surface area is 118 Å². The van der Waals surface area contributed by atoms with Crippen LogP contribution >= 0.6 is 11.8 Å². The van der Waals surface area contributed by atoms with Gasteiger partial charge in [0.05, 0.1) is 5.75 Å². The molecular formula is C14H19N3OS. The fourth-order valence-corrected chi connectivity index (χ4v) is 2.35. The lowest BCUT2D eigenvalue weighted by Crippen LogP contribution is -2.16. The fraction of sp³-hybridized carbons (Fsp3) is 0.429. The quantitative estimate of drug-likeness (QED) is 0.623. The van der Waals surface area contributed by atoms with Gasteiger partial charge in [-0.15, -0.1) is 11.8 Å². The second kappa shape index (κ2) is 7.31. The van der Waals surface area contributed by atoms with Gasteiger partial charge in [-0.1, -0.05) is 29.8 Å². The Hall–Kier alpha value is -1.33. The van der Waals surface area contributed by atoms with Gasteiger partial charge in [0.15, 0.2) is 5.82 Å². The summed E-state index contributed by atoms with van der Waals surface area (Å²) >= 11 is 1.72. The average Bonchev–Trinajstić information content (AvgIpc) is 2.86. The maximum atomic E-state index is 5.20. The molecule has 1 N–H and O–H groups in total. The highest BCUT2D eigenvalue weighted by molar-refractivity contribution is 7.98. The van der Waals surface area contributed by atoms with E-state index in [2.05, 4.69) is 53.6 Å². The lowest BCUT2D eigenvalue weighted by atomic mass is 10.2. The molecule has 0 aliphatic heterocycles. The minimum Gasteiger partial charge on any atom is -0.339 e. The van der Waals surface area contributed by atoms with Crippen molar-refractivity contribution in [2.24, 2.45) is 0 Å². The first-order valence-corrected chi connectivity index (χ1v) is 7.48. The monoisotopic (exact) mass is 277 g/mol. The second-order valence-electron chi connectivity index (χ2n) is 4.31. The third kappa shape index (κ3) is 4.69. The predicted molar refractivity (Wildman–Crippen MR) is 77.3 cm³/mol. The van der Waals surface area contributed by atoms with Gasteiger partial charge >= 0.3 is 0 Å². The van der Waals surface area contributed by atoms with Crippen LogP contribution in [0, 0.1) is 6.92 Å². The lowest BCUT2D eigenvalue weighted by Gasteiger charge is -1.98. The minimum absolute atomic E-state index is 0.709. The van der Waals surface area contributed by atoms with Gasteiger partial charge < -0.3 is 9.84 Å². The van der Waals surface area contributed by atoms with Crippen LogP contribution in [0.15, 0.2) is 33.7 Å². The summed E-state index contributed by atoms with van der Waals surface area (Å²) in [7, 11) is 0. The number of thioether (sulfide) groups is 1. The Bertz CT molecular complexity index is 496. The van der Waals surface area contributed by atoms with E-state index in [1.54, 1.807) is 11.8 Å². The number of rotatable bonds is 7. The van der Waals surface area contributed by atoms with E-state index in [0.29, 0.717) is 5.89 Å². The van der Waals surface area contributed by atoms with E-state index in [4.69, 9.17) is 4.52 Å². The highest BCUT2D eigenvalue weighted by Crippen LogP contribution is 2.21. The summed E-state index contributed by atoms with van der Waals surface area (Å²) in [6.07, 6.45) is 0.788. The molecule has 0 atom stereocenters. The maximum absolute atomic E-state index is 5.20.